The van der Waals surface area contributed by atoms with Crippen LogP contribution in [-0.2, 0) is 23.1 Å². The molecule has 0 bridgehead atoms. The Hall–Kier alpha value is -1.26. The quantitative estimate of drug-likeness (QED) is 0.405. The molecular weight excluding hydrogens is 231 g/mol. The molecule has 0 saturated carbocycles. The zero-order chi connectivity index (χ0) is 12.0. The zero-order valence-electron chi connectivity index (χ0n) is 8.55. The maximum Gasteiger partial charge on any atom is 0.346 e. The van der Waals surface area contributed by atoms with Gasteiger partial charge in [0.2, 0.25) is 0 Å². The Morgan fingerprint density at radius 2 is 1.94 bits per heavy atom. The van der Waals surface area contributed by atoms with Gasteiger partial charge in [0, 0.05) is 6.42 Å². The third kappa shape index (κ3) is 2.87. The van der Waals surface area contributed by atoms with Gasteiger partial charge in [-0.15, -0.1) is 12.8 Å². The lowest BCUT2D eigenvalue weighted by Gasteiger charge is -2.19. The summed E-state index contributed by atoms with van der Waals surface area (Å²) in [6.45, 7) is -0.205. The second-order valence-corrected chi connectivity index (χ2v) is 5.19. The van der Waals surface area contributed by atoms with Crippen LogP contribution in [0.5, 0.6) is 0 Å². The summed E-state index contributed by atoms with van der Waals surface area (Å²) in [5, 5.41) is 0. The Morgan fingerprint density at radius 3 is 2.31 bits per heavy atom. The molecule has 1 aliphatic heterocycles. The van der Waals surface area contributed by atoms with Crippen LogP contribution in [0.4, 0.5) is 0 Å². The van der Waals surface area contributed by atoms with E-state index < -0.39 is 19.2 Å². The molecule has 1 unspecified atom stereocenters. The van der Waals surface area contributed by atoms with E-state index in [0.29, 0.717) is 0 Å². The average molecular weight is 242 g/mol. The molecule has 1 saturated heterocycles. The third-order valence-corrected chi connectivity index (χ3v) is 4.16. The fourth-order valence-corrected chi connectivity index (χ4v) is 2.94. The molecule has 0 N–H and O–H groups in total. The van der Waals surface area contributed by atoms with Gasteiger partial charge in [-0.3, -0.25) is 18.4 Å². The lowest BCUT2D eigenvalue weighted by atomic mass is 10.4. The highest BCUT2D eigenvalue weighted by atomic mass is 31.2. The van der Waals surface area contributed by atoms with Crippen LogP contribution in [0.2, 0.25) is 0 Å². The van der Waals surface area contributed by atoms with Gasteiger partial charge in [0.05, 0.1) is 6.61 Å². The topological polar surface area (TPSA) is 61.8 Å². The van der Waals surface area contributed by atoms with Crippen LogP contribution < -0.4 is 0 Å². The third-order valence-electron chi connectivity index (χ3n) is 1.95. The SMILES string of the molecule is C#CCOP(=O)(OCC#C)C1CCOC1=O. The molecule has 16 heavy (non-hydrogen) atoms. The fraction of sp³-hybridized carbons (Fsp3) is 0.500. The van der Waals surface area contributed by atoms with E-state index >= 15 is 0 Å². The Morgan fingerprint density at radius 1 is 1.38 bits per heavy atom. The molecule has 86 valence electrons. The van der Waals surface area contributed by atoms with Gasteiger partial charge >= 0.3 is 13.6 Å². The van der Waals surface area contributed by atoms with E-state index in [4.69, 9.17) is 26.6 Å². The summed E-state index contributed by atoms with van der Waals surface area (Å²) >= 11 is 0. The lowest BCUT2D eigenvalue weighted by molar-refractivity contribution is -0.137. The summed E-state index contributed by atoms with van der Waals surface area (Å²) in [5.41, 5.74) is -0.922. The Labute approximate surface area is 94.0 Å². The van der Waals surface area contributed by atoms with Crippen LogP contribution >= 0.6 is 7.60 Å². The number of carbonyl (C=O) groups is 1. The van der Waals surface area contributed by atoms with Gasteiger partial charge in [-0.2, -0.15) is 0 Å². The molecule has 0 amide bonds. The first-order chi connectivity index (χ1) is 7.64. The molecule has 5 nitrogen and oxygen atoms in total. The molecule has 1 heterocycles. The molecule has 0 spiro atoms. The number of terminal acetylenes is 2. The van der Waals surface area contributed by atoms with Crippen LogP contribution in [0.3, 0.4) is 0 Å². The van der Waals surface area contributed by atoms with Crippen molar-refractivity contribution in [3.63, 3.8) is 0 Å². The van der Waals surface area contributed by atoms with E-state index in [-0.39, 0.29) is 26.2 Å². The first-order valence-corrected chi connectivity index (χ1v) is 6.17. The standard InChI is InChI=1S/C10H11O5P/c1-3-6-14-16(12,15-7-4-2)9-5-8-13-10(9)11/h1-2,9H,5-8H2. The molecule has 0 aromatic rings. The highest BCUT2D eigenvalue weighted by Crippen LogP contribution is 2.55. The monoisotopic (exact) mass is 242 g/mol. The number of rotatable bonds is 5. The number of hydrogen-bond acceptors (Lipinski definition) is 5. The van der Waals surface area contributed by atoms with Crippen molar-refractivity contribution in [1.29, 1.82) is 0 Å². The van der Waals surface area contributed by atoms with E-state index in [2.05, 4.69) is 11.8 Å². The summed E-state index contributed by atoms with van der Waals surface area (Å²) in [7, 11) is -3.62. The van der Waals surface area contributed by atoms with Crippen molar-refractivity contribution in [3.05, 3.63) is 0 Å². The Bertz CT molecular complexity index is 367. The Kier molecular flexibility index (Phi) is 4.58. The molecule has 1 rings (SSSR count). The number of cyclic esters (lactones) is 1. The number of ether oxygens (including phenoxy) is 1. The maximum atomic E-state index is 12.2. The number of carbonyl (C=O) groups excluding carboxylic acids is 1. The highest BCUT2D eigenvalue weighted by Gasteiger charge is 2.45. The van der Waals surface area contributed by atoms with Crippen molar-refractivity contribution in [1.82, 2.24) is 0 Å². The van der Waals surface area contributed by atoms with Gasteiger partial charge in [-0.1, -0.05) is 11.8 Å². The van der Waals surface area contributed by atoms with Crippen molar-refractivity contribution >= 4 is 13.6 Å². The summed E-state index contributed by atoms with van der Waals surface area (Å²) in [6.07, 6.45) is 10.3. The maximum absolute atomic E-state index is 12.2. The van der Waals surface area contributed by atoms with Crippen molar-refractivity contribution < 1.29 is 23.1 Å². The molecule has 1 fully saturated rings. The van der Waals surface area contributed by atoms with Crippen molar-refractivity contribution in [2.75, 3.05) is 19.8 Å². The van der Waals surface area contributed by atoms with Gasteiger partial charge in [-0.25, -0.2) is 0 Å². The van der Waals surface area contributed by atoms with E-state index in [0.717, 1.165) is 0 Å². The molecule has 0 aromatic carbocycles. The van der Waals surface area contributed by atoms with Crippen LogP contribution in [0.1, 0.15) is 6.42 Å². The van der Waals surface area contributed by atoms with Gasteiger partial charge in [0.15, 0.2) is 5.66 Å². The van der Waals surface area contributed by atoms with Gasteiger partial charge in [0.1, 0.15) is 13.2 Å². The minimum absolute atomic E-state index is 0.201. The smallest absolute Gasteiger partial charge is 0.346 e. The predicted octanol–water partition coefficient (Wildman–Crippen LogP) is 0.795. The molecule has 1 atom stereocenters. The van der Waals surface area contributed by atoms with E-state index in [9.17, 15) is 9.36 Å². The van der Waals surface area contributed by atoms with Gasteiger partial charge in [0.25, 0.3) is 0 Å². The molecule has 0 radical (unpaired) electrons. The first-order valence-electron chi connectivity index (χ1n) is 4.56. The molecule has 0 aliphatic carbocycles. The average Bonchev–Trinajstić information content (AvgIpc) is 2.71. The van der Waals surface area contributed by atoms with Crippen molar-refractivity contribution in [2.24, 2.45) is 0 Å². The van der Waals surface area contributed by atoms with Crippen LogP contribution in [0.15, 0.2) is 0 Å². The van der Waals surface area contributed by atoms with Gasteiger partial charge < -0.3 is 4.74 Å². The highest BCUT2D eigenvalue weighted by molar-refractivity contribution is 7.55. The second-order valence-electron chi connectivity index (χ2n) is 2.97. The summed E-state index contributed by atoms with van der Waals surface area (Å²) in [4.78, 5) is 11.3. The molecular formula is C10H11O5P. The summed E-state index contributed by atoms with van der Waals surface area (Å²) < 4.78 is 26.8. The van der Waals surface area contributed by atoms with Crippen LogP contribution in [0, 0.1) is 24.7 Å². The zero-order valence-corrected chi connectivity index (χ0v) is 9.44. The Balaban J connectivity index is 2.77. The van der Waals surface area contributed by atoms with Crippen LogP contribution in [0.25, 0.3) is 0 Å². The van der Waals surface area contributed by atoms with E-state index in [1.165, 1.54) is 0 Å². The predicted molar refractivity (Wildman–Crippen MR) is 56.5 cm³/mol. The molecule has 0 aromatic heterocycles. The summed E-state index contributed by atoms with van der Waals surface area (Å²) in [5.74, 6) is 3.72. The number of hydrogen-bond donors (Lipinski definition) is 0. The van der Waals surface area contributed by atoms with E-state index in [1.807, 2.05) is 0 Å². The lowest BCUT2D eigenvalue weighted by Crippen LogP contribution is -2.18. The minimum Gasteiger partial charge on any atom is -0.465 e. The van der Waals surface area contributed by atoms with E-state index in [1.54, 1.807) is 0 Å². The van der Waals surface area contributed by atoms with Crippen LogP contribution in [-0.4, -0.2) is 31.4 Å². The first kappa shape index (κ1) is 12.8. The minimum atomic E-state index is -3.62. The van der Waals surface area contributed by atoms with Crippen molar-refractivity contribution in [2.45, 2.75) is 12.1 Å². The second kappa shape index (κ2) is 5.72. The fourth-order valence-electron chi connectivity index (χ4n) is 1.24. The van der Waals surface area contributed by atoms with Crippen molar-refractivity contribution in [3.8, 4) is 24.7 Å². The number of esters is 1. The summed E-state index contributed by atoms with van der Waals surface area (Å²) in [6, 6.07) is 0. The molecule has 6 heteroatoms. The normalized spacial score (nSPS) is 19.9. The molecule has 1 aliphatic rings. The van der Waals surface area contributed by atoms with Gasteiger partial charge in [-0.05, 0) is 0 Å². The largest absolute Gasteiger partial charge is 0.465 e.